The maximum absolute atomic E-state index is 12.0. The van der Waals surface area contributed by atoms with E-state index in [2.05, 4.69) is 10.6 Å². The summed E-state index contributed by atoms with van der Waals surface area (Å²) in [5, 5.41) is 6.33. The Labute approximate surface area is 120 Å². The lowest BCUT2D eigenvalue weighted by Crippen LogP contribution is -2.45. The molecule has 1 aliphatic heterocycles. The Balaban J connectivity index is 0.00000180. The Kier molecular flexibility index (Phi) is 6.67. The average molecular weight is 285 g/mol. The summed E-state index contributed by atoms with van der Waals surface area (Å²) in [7, 11) is 0. The van der Waals surface area contributed by atoms with E-state index >= 15 is 0 Å². The van der Waals surface area contributed by atoms with Crippen molar-refractivity contribution in [3.8, 4) is 5.75 Å². The van der Waals surface area contributed by atoms with Gasteiger partial charge in [-0.15, -0.1) is 12.4 Å². The largest absolute Gasteiger partial charge is 0.494 e. The molecule has 0 radical (unpaired) electrons. The van der Waals surface area contributed by atoms with Crippen molar-refractivity contribution in [1.29, 1.82) is 0 Å². The van der Waals surface area contributed by atoms with Gasteiger partial charge in [0.25, 0.3) is 5.91 Å². The second-order valence-electron chi connectivity index (χ2n) is 4.47. The van der Waals surface area contributed by atoms with Crippen molar-refractivity contribution in [3.05, 3.63) is 29.8 Å². The Morgan fingerprint density at radius 1 is 1.42 bits per heavy atom. The maximum Gasteiger partial charge on any atom is 0.251 e. The quantitative estimate of drug-likeness (QED) is 0.889. The summed E-state index contributed by atoms with van der Waals surface area (Å²) in [6, 6.07) is 7.51. The molecule has 0 unspecified atom stereocenters. The number of hydrogen-bond acceptors (Lipinski definition) is 3. The molecule has 1 aromatic rings. The number of ether oxygens (including phenoxy) is 1. The molecule has 0 saturated carbocycles. The first-order valence-electron chi connectivity index (χ1n) is 6.54. The van der Waals surface area contributed by atoms with E-state index in [-0.39, 0.29) is 24.4 Å². The van der Waals surface area contributed by atoms with Crippen molar-refractivity contribution in [3.63, 3.8) is 0 Å². The molecule has 4 nitrogen and oxygen atoms in total. The van der Waals surface area contributed by atoms with Crippen LogP contribution >= 0.6 is 12.4 Å². The van der Waals surface area contributed by atoms with Gasteiger partial charge in [-0.25, -0.2) is 0 Å². The number of carbonyl (C=O) groups is 1. The van der Waals surface area contributed by atoms with Gasteiger partial charge in [-0.05, 0) is 50.6 Å². The fraction of sp³-hybridized carbons (Fsp3) is 0.500. The SMILES string of the molecule is CCOc1ccc(C(=O)N[C@@H]2CCCNC2)cc1.Cl. The van der Waals surface area contributed by atoms with Gasteiger partial charge in [0.2, 0.25) is 0 Å². The predicted octanol–water partition coefficient (Wildman–Crippen LogP) is 1.99. The smallest absolute Gasteiger partial charge is 0.251 e. The fourth-order valence-electron chi connectivity index (χ4n) is 2.11. The molecule has 19 heavy (non-hydrogen) atoms. The molecule has 0 aliphatic carbocycles. The lowest BCUT2D eigenvalue weighted by Gasteiger charge is -2.23. The van der Waals surface area contributed by atoms with Gasteiger partial charge in [0.1, 0.15) is 5.75 Å². The molecule has 1 heterocycles. The zero-order valence-corrected chi connectivity index (χ0v) is 12.0. The number of hydrogen-bond donors (Lipinski definition) is 2. The van der Waals surface area contributed by atoms with Crippen molar-refractivity contribution in [2.75, 3.05) is 19.7 Å². The average Bonchev–Trinajstić information content (AvgIpc) is 2.41. The Morgan fingerprint density at radius 2 is 2.16 bits per heavy atom. The summed E-state index contributed by atoms with van der Waals surface area (Å²) in [5.74, 6) is 0.792. The summed E-state index contributed by atoms with van der Waals surface area (Å²) >= 11 is 0. The summed E-state index contributed by atoms with van der Waals surface area (Å²) in [4.78, 5) is 12.0. The molecule has 5 heteroatoms. The molecule has 0 aromatic heterocycles. The van der Waals surface area contributed by atoms with Crippen LogP contribution in [-0.4, -0.2) is 31.6 Å². The third-order valence-electron chi connectivity index (χ3n) is 3.06. The van der Waals surface area contributed by atoms with Gasteiger partial charge in [0.15, 0.2) is 0 Å². The van der Waals surface area contributed by atoms with E-state index in [9.17, 15) is 4.79 Å². The second-order valence-corrected chi connectivity index (χ2v) is 4.47. The number of halogens is 1. The van der Waals surface area contributed by atoms with Crippen molar-refractivity contribution in [2.45, 2.75) is 25.8 Å². The Bertz CT molecular complexity index is 389. The molecular formula is C14H21ClN2O2. The first kappa shape index (κ1) is 15.8. The summed E-state index contributed by atoms with van der Waals surface area (Å²) in [5.41, 5.74) is 0.684. The van der Waals surface area contributed by atoms with Gasteiger partial charge in [-0.2, -0.15) is 0 Å². The van der Waals surface area contributed by atoms with Gasteiger partial charge in [-0.3, -0.25) is 4.79 Å². The Morgan fingerprint density at radius 3 is 2.74 bits per heavy atom. The van der Waals surface area contributed by atoms with E-state index in [1.54, 1.807) is 12.1 Å². The van der Waals surface area contributed by atoms with Gasteiger partial charge < -0.3 is 15.4 Å². The van der Waals surface area contributed by atoms with Crippen LogP contribution in [0, 0.1) is 0 Å². The molecule has 1 fully saturated rings. The van der Waals surface area contributed by atoms with Crippen molar-refractivity contribution in [1.82, 2.24) is 10.6 Å². The topological polar surface area (TPSA) is 50.4 Å². The molecule has 1 aromatic carbocycles. The van der Waals surface area contributed by atoms with E-state index in [4.69, 9.17) is 4.74 Å². The first-order chi connectivity index (χ1) is 8.79. The number of piperidine rings is 1. The molecule has 0 bridgehead atoms. The minimum absolute atomic E-state index is 0. The number of carbonyl (C=O) groups excluding carboxylic acids is 1. The van der Waals surface area contributed by atoms with E-state index < -0.39 is 0 Å². The fourth-order valence-corrected chi connectivity index (χ4v) is 2.11. The molecule has 0 spiro atoms. The zero-order chi connectivity index (χ0) is 12.8. The van der Waals surface area contributed by atoms with Crippen molar-refractivity contribution >= 4 is 18.3 Å². The van der Waals surface area contributed by atoms with Crippen molar-refractivity contribution < 1.29 is 9.53 Å². The number of benzene rings is 1. The van der Waals surface area contributed by atoms with E-state index in [1.807, 2.05) is 19.1 Å². The van der Waals surface area contributed by atoms with Gasteiger partial charge in [0.05, 0.1) is 6.61 Å². The summed E-state index contributed by atoms with van der Waals surface area (Å²) < 4.78 is 5.35. The van der Waals surface area contributed by atoms with E-state index in [1.165, 1.54) is 0 Å². The third-order valence-corrected chi connectivity index (χ3v) is 3.06. The minimum atomic E-state index is -0.00764. The third kappa shape index (κ3) is 4.73. The van der Waals surface area contributed by atoms with Gasteiger partial charge in [-0.1, -0.05) is 0 Å². The van der Waals surface area contributed by atoms with Crippen LogP contribution in [0.15, 0.2) is 24.3 Å². The van der Waals surface area contributed by atoms with Crippen LogP contribution in [0.1, 0.15) is 30.1 Å². The maximum atomic E-state index is 12.0. The first-order valence-corrected chi connectivity index (χ1v) is 6.54. The van der Waals surface area contributed by atoms with Crippen LogP contribution in [-0.2, 0) is 0 Å². The molecule has 1 aliphatic rings. The summed E-state index contributed by atoms with van der Waals surface area (Å²) in [6.45, 7) is 4.49. The van der Waals surface area contributed by atoms with Crippen LogP contribution in [0.2, 0.25) is 0 Å². The Hall–Kier alpha value is -1.26. The van der Waals surface area contributed by atoms with Gasteiger partial charge >= 0.3 is 0 Å². The van der Waals surface area contributed by atoms with Crippen molar-refractivity contribution in [2.24, 2.45) is 0 Å². The molecule has 2 rings (SSSR count). The van der Waals surface area contributed by atoms with E-state index in [0.29, 0.717) is 12.2 Å². The summed E-state index contributed by atoms with van der Waals surface area (Å²) in [6.07, 6.45) is 2.17. The molecular weight excluding hydrogens is 264 g/mol. The normalized spacial score (nSPS) is 18.3. The van der Waals surface area contributed by atoms with Crippen LogP contribution in [0.5, 0.6) is 5.75 Å². The highest BCUT2D eigenvalue weighted by Crippen LogP contribution is 2.12. The molecule has 1 atom stereocenters. The predicted molar refractivity (Wildman–Crippen MR) is 78.2 cm³/mol. The highest BCUT2D eigenvalue weighted by atomic mass is 35.5. The van der Waals surface area contributed by atoms with Crippen LogP contribution in [0.25, 0.3) is 0 Å². The highest BCUT2D eigenvalue weighted by Gasteiger charge is 2.16. The molecule has 106 valence electrons. The lowest BCUT2D eigenvalue weighted by molar-refractivity contribution is 0.0930. The second kappa shape index (κ2) is 8.02. The molecule has 1 saturated heterocycles. The zero-order valence-electron chi connectivity index (χ0n) is 11.1. The molecule has 1 amide bonds. The minimum Gasteiger partial charge on any atom is -0.494 e. The van der Waals surface area contributed by atoms with Crippen LogP contribution < -0.4 is 15.4 Å². The monoisotopic (exact) mass is 284 g/mol. The van der Waals surface area contributed by atoms with Crippen LogP contribution in [0.4, 0.5) is 0 Å². The van der Waals surface area contributed by atoms with Gasteiger partial charge in [0, 0.05) is 18.2 Å². The number of rotatable bonds is 4. The standard InChI is InChI=1S/C14H20N2O2.ClH/c1-2-18-13-7-5-11(6-8-13)14(17)16-12-4-3-9-15-10-12;/h5-8,12,15H,2-4,9-10H2,1H3,(H,16,17);1H/t12-;/m1./s1. The number of amides is 1. The van der Waals surface area contributed by atoms with E-state index in [0.717, 1.165) is 31.7 Å². The highest BCUT2D eigenvalue weighted by molar-refractivity contribution is 5.94. The molecule has 2 N–H and O–H groups in total. The lowest BCUT2D eigenvalue weighted by atomic mass is 10.1. The van der Waals surface area contributed by atoms with Crippen LogP contribution in [0.3, 0.4) is 0 Å². The number of nitrogens with one attached hydrogen (secondary N) is 2.